The number of fused-ring (bicyclic) bond motifs is 1. The van der Waals surface area contributed by atoms with Gasteiger partial charge in [-0.3, -0.25) is 0 Å². The number of ether oxygens (including phenoxy) is 1. The second-order valence-corrected chi connectivity index (χ2v) is 4.43. The third-order valence-corrected chi connectivity index (χ3v) is 3.01. The lowest BCUT2D eigenvalue weighted by atomic mass is 10.2. The van der Waals surface area contributed by atoms with Gasteiger partial charge in [-0.05, 0) is 35.0 Å². The van der Waals surface area contributed by atoms with Gasteiger partial charge in [0.25, 0.3) is 0 Å². The lowest BCUT2D eigenvalue weighted by Crippen LogP contribution is -2.16. The van der Waals surface area contributed by atoms with Gasteiger partial charge in [0.15, 0.2) is 0 Å². The van der Waals surface area contributed by atoms with Crippen molar-refractivity contribution in [2.75, 3.05) is 13.2 Å². The van der Waals surface area contributed by atoms with Crippen LogP contribution in [0.15, 0.2) is 33.2 Å². The van der Waals surface area contributed by atoms with Crippen LogP contribution in [0.4, 0.5) is 0 Å². The first kappa shape index (κ1) is 11.6. The van der Waals surface area contributed by atoms with Gasteiger partial charge >= 0.3 is 0 Å². The lowest BCUT2D eigenvalue weighted by Gasteiger charge is -2.07. The molecule has 1 unspecified atom stereocenters. The molecule has 0 spiro atoms. The van der Waals surface area contributed by atoms with E-state index in [-0.39, 0.29) is 6.04 Å². The van der Waals surface area contributed by atoms with Crippen LogP contribution < -0.4 is 5.73 Å². The van der Waals surface area contributed by atoms with Crippen LogP contribution in [0, 0.1) is 0 Å². The molecule has 0 aliphatic rings. The highest BCUT2D eigenvalue weighted by Crippen LogP contribution is 2.29. The number of rotatable bonds is 4. The van der Waals surface area contributed by atoms with Crippen LogP contribution in [0.2, 0.25) is 0 Å². The SMILES string of the molecule is CCOCC(N)c1cc2cccc(Br)c2o1. The van der Waals surface area contributed by atoms with Crippen molar-refractivity contribution in [1.29, 1.82) is 0 Å². The van der Waals surface area contributed by atoms with Crippen molar-refractivity contribution < 1.29 is 9.15 Å². The molecule has 0 fully saturated rings. The Morgan fingerprint density at radius 3 is 3.00 bits per heavy atom. The Morgan fingerprint density at radius 2 is 2.31 bits per heavy atom. The fraction of sp³-hybridized carbons (Fsp3) is 0.333. The largest absolute Gasteiger partial charge is 0.458 e. The Balaban J connectivity index is 2.29. The molecule has 2 N–H and O–H groups in total. The zero-order valence-corrected chi connectivity index (χ0v) is 10.7. The van der Waals surface area contributed by atoms with Crippen LogP contribution in [0.1, 0.15) is 18.7 Å². The Labute approximate surface area is 103 Å². The van der Waals surface area contributed by atoms with E-state index in [1.807, 2.05) is 31.2 Å². The summed E-state index contributed by atoms with van der Waals surface area (Å²) in [5.41, 5.74) is 6.80. The number of halogens is 1. The van der Waals surface area contributed by atoms with Gasteiger partial charge < -0.3 is 14.9 Å². The second-order valence-electron chi connectivity index (χ2n) is 3.57. The summed E-state index contributed by atoms with van der Waals surface area (Å²) < 4.78 is 11.9. The maximum atomic E-state index is 5.96. The fourth-order valence-corrected chi connectivity index (χ4v) is 2.02. The molecule has 3 nitrogen and oxygen atoms in total. The summed E-state index contributed by atoms with van der Waals surface area (Å²) in [6, 6.07) is 7.67. The highest BCUT2D eigenvalue weighted by molar-refractivity contribution is 9.10. The Hall–Kier alpha value is -0.840. The van der Waals surface area contributed by atoms with Crippen LogP contribution >= 0.6 is 15.9 Å². The molecule has 86 valence electrons. The lowest BCUT2D eigenvalue weighted by molar-refractivity contribution is 0.128. The van der Waals surface area contributed by atoms with Crippen LogP contribution in [-0.2, 0) is 4.74 Å². The minimum atomic E-state index is -0.209. The second kappa shape index (κ2) is 4.99. The smallest absolute Gasteiger partial charge is 0.148 e. The first-order valence-corrected chi connectivity index (χ1v) is 6.03. The molecule has 0 amide bonds. The third-order valence-electron chi connectivity index (χ3n) is 2.38. The molecule has 1 aromatic carbocycles. The minimum absolute atomic E-state index is 0.209. The molecular weight excluding hydrogens is 270 g/mol. The van der Waals surface area contributed by atoms with E-state index in [0.29, 0.717) is 13.2 Å². The highest BCUT2D eigenvalue weighted by atomic mass is 79.9. The Bertz CT molecular complexity index is 481. The molecular formula is C12H14BrNO2. The van der Waals surface area contributed by atoms with Gasteiger partial charge in [0.05, 0.1) is 17.1 Å². The minimum Gasteiger partial charge on any atom is -0.458 e. The van der Waals surface area contributed by atoms with E-state index in [1.54, 1.807) is 0 Å². The Morgan fingerprint density at radius 1 is 1.50 bits per heavy atom. The van der Waals surface area contributed by atoms with Crippen molar-refractivity contribution in [3.8, 4) is 0 Å². The van der Waals surface area contributed by atoms with Gasteiger partial charge in [-0.25, -0.2) is 0 Å². The van der Waals surface area contributed by atoms with Crippen molar-refractivity contribution in [3.63, 3.8) is 0 Å². The van der Waals surface area contributed by atoms with Crippen molar-refractivity contribution in [2.24, 2.45) is 5.73 Å². The molecule has 16 heavy (non-hydrogen) atoms. The summed E-state index contributed by atoms with van der Waals surface area (Å²) in [6.07, 6.45) is 0. The van der Waals surface area contributed by atoms with E-state index in [9.17, 15) is 0 Å². The van der Waals surface area contributed by atoms with E-state index < -0.39 is 0 Å². The quantitative estimate of drug-likeness (QED) is 0.937. The maximum Gasteiger partial charge on any atom is 0.148 e. The van der Waals surface area contributed by atoms with Gasteiger partial charge in [0.2, 0.25) is 0 Å². The first-order chi connectivity index (χ1) is 7.72. The zero-order chi connectivity index (χ0) is 11.5. The predicted molar refractivity (Wildman–Crippen MR) is 67.3 cm³/mol. The molecule has 0 radical (unpaired) electrons. The average molecular weight is 284 g/mol. The third kappa shape index (κ3) is 2.29. The molecule has 0 saturated carbocycles. The average Bonchev–Trinajstić information content (AvgIpc) is 2.71. The van der Waals surface area contributed by atoms with Crippen LogP contribution in [0.5, 0.6) is 0 Å². The number of hydrogen-bond donors (Lipinski definition) is 1. The molecule has 0 bridgehead atoms. The standard InChI is InChI=1S/C12H14BrNO2/c1-2-15-7-10(14)11-6-8-4-3-5-9(13)12(8)16-11/h3-6,10H,2,7,14H2,1H3. The van der Waals surface area contributed by atoms with Gasteiger partial charge in [0, 0.05) is 12.0 Å². The molecule has 0 aliphatic carbocycles. The summed E-state index contributed by atoms with van der Waals surface area (Å²) >= 11 is 3.45. The van der Waals surface area contributed by atoms with E-state index in [0.717, 1.165) is 21.2 Å². The number of benzene rings is 1. The van der Waals surface area contributed by atoms with Crippen LogP contribution in [0.25, 0.3) is 11.0 Å². The van der Waals surface area contributed by atoms with Gasteiger partial charge in [-0.15, -0.1) is 0 Å². The predicted octanol–water partition coefficient (Wildman–Crippen LogP) is 3.23. The zero-order valence-electron chi connectivity index (χ0n) is 9.07. The fourth-order valence-electron chi connectivity index (χ4n) is 1.56. The maximum absolute atomic E-state index is 5.96. The Kier molecular flexibility index (Phi) is 3.63. The molecule has 0 saturated heterocycles. The summed E-state index contributed by atoms with van der Waals surface area (Å²) in [7, 11) is 0. The summed E-state index contributed by atoms with van der Waals surface area (Å²) in [5.74, 6) is 0.760. The van der Waals surface area contributed by atoms with Crippen LogP contribution in [-0.4, -0.2) is 13.2 Å². The van der Waals surface area contributed by atoms with Crippen molar-refractivity contribution in [1.82, 2.24) is 0 Å². The van der Waals surface area contributed by atoms with Gasteiger partial charge in [-0.2, -0.15) is 0 Å². The van der Waals surface area contributed by atoms with Crippen LogP contribution in [0.3, 0.4) is 0 Å². The summed E-state index contributed by atoms with van der Waals surface area (Å²) in [6.45, 7) is 3.09. The number of nitrogens with two attached hydrogens (primary N) is 1. The van der Waals surface area contributed by atoms with E-state index in [1.165, 1.54) is 0 Å². The first-order valence-electron chi connectivity index (χ1n) is 5.23. The molecule has 1 aromatic heterocycles. The van der Waals surface area contributed by atoms with Crippen molar-refractivity contribution >= 4 is 26.9 Å². The van der Waals surface area contributed by atoms with E-state index >= 15 is 0 Å². The summed E-state index contributed by atoms with van der Waals surface area (Å²) in [4.78, 5) is 0. The van der Waals surface area contributed by atoms with Gasteiger partial charge in [0.1, 0.15) is 11.3 Å². The molecule has 1 atom stereocenters. The molecule has 2 rings (SSSR count). The van der Waals surface area contributed by atoms with Crippen molar-refractivity contribution in [3.05, 3.63) is 34.5 Å². The number of furan rings is 1. The van der Waals surface area contributed by atoms with E-state index in [2.05, 4.69) is 15.9 Å². The molecule has 2 aromatic rings. The van der Waals surface area contributed by atoms with Gasteiger partial charge in [-0.1, -0.05) is 12.1 Å². The van der Waals surface area contributed by atoms with E-state index in [4.69, 9.17) is 14.9 Å². The van der Waals surface area contributed by atoms with Crippen molar-refractivity contribution in [2.45, 2.75) is 13.0 Å². The molecule has 1 heterocycles. The summed E-state index contributed by atoms with van der Waals surface area (Å²) in [5, 5.41) is 1.05. The topological polar surface area (TPSA) is 48.4 Å². The monoisotopic (exact) mass is 283 g/mol. The normalized spacial score (nSPS) is 13.2. The molecule has 0 aliphatic heterocycles. The highest BCUT2D eigenvalue weighted by Gasteiger charge is 2.13. The molecule has 4 heteroatoms. The number of hydrogen-bond acceptors (Lipinski definition) is 3. The number of para-hydroxylation sites is 1.